The van der Waals surface area contributed by atoms with E-state index >= 15 is 0 Å². The van der Waals surface area contributed by atoms with E-state index in [0.29, 0.717) is 5.69 Å². The number of carboxylic acids is 1. The van der Waals surface area contributed by atoms with Crippen molar-refractivity contribution >= 4 is 23.3 Å². The topological polar surface area (TPSA) is 52.6 Å². The second kappa shape index (κ2) is 5.38. The molecule has 1 fully saturated rings. The van der Waals surface area contributed by atoms with Crippen molar-refractivity contribution in [1.82, 2.24) is 5.01 Å². The average molecular weight is 255 g/mol. The quantitative estimate of drug-likeness (QED) is 0.871. The maximum absolute atomic E-state index is 11.1. The van der Waals surface area contributed by atoms with Crippen LogP contribution in [0.3, 0.4) is 0 Å². The SMILES string of the molecule is O=C(O)c1c(Cl)cccc1NN1CCCCC1. The fourth-order valence-corrected chi connectivity index (χ4v) is 2.27. The lowest BCUT2D eigenvalue weighted by Crippen LogP contribution is -2.35. The van der Waals surface area contributed by atoms with Gasteiger partial charge in [-0.15, -0.1) is 0 Å². The highest BCUT2D eigenvalue weighted by atomic mass is 35.5. The van der Waals surface area contributed by atoms with Gasteiger partial charge < -0.3 is 10.5 Å². The van der Waals surface area contributed by atoms with Crippen molar-refractivity contribution in [3.8, 4) is 0 Å². The van der Waals surface area contributed by atoms with Gasteiger partial charge in [0.2, 0.25) is 0 Å². The van der Waals surface area contributed by atoms with E-state index in [4.69, 9.17) is 16.7 Å². The summed E-state index contributed by atoms with van der Waals surface area (Å²) >= 11 is 5.90. The van der Waals surface area contributed by atoms with Gasteiger partial charge in [0.15, 0.2) is 0 Å². The number of piperidine rings is 1. The first-order valence-electron chi connectivity index (χ1n) is 5.72. The second-order valence-electron chi connectivity index (χ2n) is 4.13. The molecule has 0 bridgehead atoms. The first-order valence-corrected chi connectivity index (χ1v) is 6.09. The third-order valence-electron chi connectivity index (χ3n) is 2.86. The van der Waals surface area contributed by atoms with E-state index in [-0.39, 0.29) is 10.6 Å². The molecule has 1 aliphatic rings. The second-order valence-corrected chi connectivity index (χ2v) is 4.53. The molecule has 1 heterocycles. The van der Waals surface area contributed by atoms with E-state index < -0.39 is 5.97 Å². The van der Waals surface area contributed by atoms with Gasteiger partial charge in [0.25, 0.3) is 0 Å². The maximum atomic E-state index is 11.1. The number of aromatic carboxylic acids is 1. The summed E-state index contributed by atoms with van der Waals surface area (Å²) in [5.74, 6) is -1.00. The van der Waals surface area contributed by atoms with Crippen LogP contribution in [0.1, 0.15) is 29.6 Å². The van der Waals surface area contributed by atoms with Gasteiger partial charge in [-0.25, -0.2) is 9.80 Å². The number of hydrogen-bond donors (Lipinski definition) is 2. The molecule has 0 spiro atoms. The Morgan fingerprint density at radius 1 is 1.29 bits per heavy atom. The maximum Gasteiger partial charge on any atom is 0.339 e. The zero-order valence-corrected chi connectivity index (χ0v) is 10.2. The molecule has 0 aromatic heterocycles. The Balaban J connectivity index is 2.19. The third-order valence-corrected chi connectivity index (χ3v) is 3.18. The minimum atomic E-state index is -1.00. The summed E-state index contributed by atoms with van der Waals surface area (Å²) in [5.41, 5.74) is 3.84. The highest BCUT2D eigenvalue weighted by Crippen LogP contribution is 2.25. The molecule has 2 N–H and O–H groups in total. The van der Waals surface area contributed by atoms with Crippen molar-refractivity contribution < 1.29 is 9.90 Å². The Bertz CT molecular complexity index is 417. The fraction of sp³-hybridized carbons (Fsp3) is 0.417. The van der Waals surface area contributed by atoms with E-state index in [1.54, 1.807) is 18.2 Å². The molecule has 1 aromatic rings. The van der Waals surface area contributed by atoms with Crippen molar-refractivity contribution in [2.45, 2.75) is 19.3 Å². The van der Waals surface area contributed by atoms with Crippen molar-refractivity contribution in [2.75, 3.05) is 18.5 Å². The summed E-state index contributed by atoms with van der Waals surface area (Å²) in [6.45, 7) is 1.87. The zero-order chi connectivity index (χ0) is 12.3. The van der Waals surface area contributed by atoms with Crippen LogP contribution in [-0.2, 0) is 0 Å². The molecular formula is C12H15ClN2O2. The number of hydrogen-bond acceptors (Lipinski definition) is 3. The zero-order valence-electron chi connectivity index (χ0n) is 9.45. The van der Waals surface area contributed by atoms with Crippen LogP contribution in [0.2, 0.25) is 5.02 Å². The predicted octanol–water partition coefficient (Wildman–Crippen LogP) is 2.85. The van der Waals surface area contributed by atoms with Gasteiger partial charge in [0.1, 0.15) is 5.56 Å². The number of nitrogens with one attached hydrogen (secondary N) is 1. The van der Waals surface area contributed by atoms with E-state index in [1.807, 2.05) is 5.01 Å². The number of rotatable bonds is 3. The summed E-state index contributed by atoms with van der Waals surface area (Å²) in [6, 6.07) is 5.08. The van der Waals surface area contributed by atoms with Gasteiger partial charge in [0.05, 0.1) is 10.7 Å². The Morgan fingerprint density at radius 2 is 2.00 bits per heavy atom. The first-order chi connectivity index (χ1) is 8.18. The lowest BCUT2D eigenvalue weighted by Gasteiger charge is -2.28. The van der Waals surface area contributed by atoms with Crippen molar-refractivity contribution in [1.29, 1.82) is 0 Å². The highest BCUT2D eigenvalue weighted by molar-refractivity contribution is 6.34. The molecule has 0 amide bonds. The van der Waals surface area contributed by atoms with Crippen LogP contribution >= 0.6 is 11.6 Å². The van der Waals surface area contributed by atoms with Gasteiger partial charge in [-0.2, -0.15) is 0 Å². The average Bonchev–Trinajstić information content (AvgIpc) is 2.30. The Kier molecular flexibility index (Phi) is 3.86. The lowest BCUT2D eigenvalue weighted by molar-refractivity contribution is 0.0697. The summed E-state index contributed by atoms with van der Waals surface area (Å²) in [5, 5.41) is 11.4. The van der Waals surface area contributed by atoms with Gasteiger partial charge in [-0.3, -0.25) is 0 Å². The number of carbonyl (C=O) groups is 1. The van der Waals surface area contributed by atoms with Crippen LogP contribution < -0.4 is 5.43 Å². The molecule has 5 heteroatoms. The minimum absolute atomic E-state index is 0.139. The van der Waals surface area contributed by atoms with E-state index in [9.17, 15) is 4.79 Å². The molecule has 0 radical (unpaired) electrons. The van der Waals surface area contributed by atoms with Crippen molar-refractivity contribution in [2.24, 2.45) is 0 Å². The van der Waals surface area contributed by atoms with E-state index in [2.05, 4.69) is 5.43 Å². The molecular weight excluding hydrogens is 240 g/mol. The number of carboxylic acid groups (broad SMARTS) is 1. The van der Waals surface area contributed by atoms with E-state index in [1.165, 1.54) is 6.42 Å². The molecule has 4 nitrogen and oxygen atoms in total. The fourth-order valence-electron chi connectivity index (χ4n) is 2.01. The van der Waals surface area contributed by atoms with E-state index in [0.717, 1.165) is 25.9 Å². The van der Waals surface area contributed by atoms with Gasteiger partial charge >= 0.3 is 5.97 Å². The van der Waals surface area contributed by atoms with Crippen LogP contribution in [0.15, 0.2) is 18.2 Å². The van der Waals surface area contributed by atoms with Gasteiger partial charge in [-0.1, -0.05) is 24.1 Å². The third kappa shape index (κ3) is 2.90. The molecule has 17 heavy (non-hydrogen) atoms. The molecule has 2 rings (SSSR count). The number of hydrazine groups is 1. The molecule has 92 valence electrons. The summed E-state index contributed by atoms with van der Waals surface area (Å²) in [4.78, 5) is 11.1. The smallest absolute Gasteiger partial charge is 0.339 e. The van der Waals surface area contributed by atoms with Crippen LogP contribution in [0.4, 0.5) is 5.69 Å². The minimum Gasteiger partial charge on any atom is -0.478 e. The molecule has 1 aliphatic heterocycles. The van der Waals surface area contributed by atoms with Crippen LogP contribution in [0, 0.1) is 0 Å². The molecule has 0 unspecified atom stereocenters. The van der Waals surface area contributed by atoms with Crippen molar-refractivity contribution in [3.05, 3.63) is 28.8 Å². The lowest BCUT2D eigenvalue weighted by atomic mass is 10.1. The Hall–Kier alpha value is -1.26. The Morgan fingerprint density at radius 3 is 2.65 bits per heavy atom. The molecule has 0 atom stereocenters. The highest BCUT2D eigenvalue weighted by Gasteiger charge is 2.17. The summed E-state index contributed by atoms with van der Waals surface area (Å²) < 4.78 is 0. The molecule has 0 aliphatic carbocycles. The molecule has 0 saturated carbocycles. The largest absolute Gasteiger partial charge is 0.478 e. The van der Waals surface area contributed by atoms with Crippen molar-refractivity contribution in [3.63, 3.8) is 0 Å². The molecule has 1 saturated heterocycles. The van der Waals surface area contributed by atoms with Gasteiger partial charge in [-0.05, 0) is 25.0 Å². The summed E-state index contributed by atoms with van der Waals surface area (Å²) in [6.07, 6.45) is 3.51. The summed E-state index contributed by atoms with van der Waals surface area (Å²) in [7, 11) is 0. The standard InChI is InChI=1S/C12H15ClN2O2/c13-9-5-4-6-10(11(9)12(16)17)14-15-7-2-1-3-8-15/h4-6,14H,1-3,7-8H2,(H,16,17). The Labute approximate surface area is 105 Å². The van der Waals surface area contributed by atoms with Gasteiger partial charge in [0, 0.05) is 13.1 Å². The van der Waals surface area contributed by atoms with Crippen LogP contribution in [-0.4, -0.2) is 29.2 Å². The number of halogens is 1. The van der Waals surface area contributed by atoms with Crippen LogP contribution in [0.25, 0.3) is 0 Å². The molecule has 1 aromatic carbocycles. The normalized spacial score (nSPS) is 16.8. The first kappa shape index (κ1) is 12.2. The number of nitrogens with zero attached hydrogens (tertiary/aromatic N) is 1. The monoisotopic (exact) mass is 254 g/mol. The van der Waals surface area contributed by atoms with Crippen LogP contribution in [0.5, 0.6) is 0 Å². The predicted molar refractivity (Wildman–Crippen MR) is 67.5 cm³/mol. The number of benzene rings is 1. The number of anilines is 1.